The van der Waals surface area contributed by atoms with Gasteiger partial charge in [-0.25, -0.2) is 14.1 Å². The molecule has 4 rings (SSSR count). The van der Waals surface area contributed by atoms with Gasteiger partial charge in [0, 0.05) is 18.4 Å². The first-order valence-corrected chi connectivity index (χ1v) is 10.7. The van der Waals surface area contributed by atoms with Crippen molar-refractivity contribution in [1.82, 2.24) is 4.90 Å². The van der Waals surface area contributed by atoms with Crippen LogP contribution in [0.5, 0.6) is 0 Å². The molecule has 0 N–H and O–H groups in total. The van der Waals surface area contributed by atoms with Crippen molar-refractivity contribution in [3.8, 4) is 0 Å². The molecule has 2 aromatic rings. The highest BCUT2D eigenvalue weighted by atomic mass is 19.1. The Kier molecular flexibility index (Phi) is 6.59. The summed E-state index contributed by atoms with van der Waals surface area (Å²) in [5.74, 6) is -1.05. The molecule has 2 amide bonds. The number of amides is 2. The van der Waals surface area contributed by atoms with E-state index in [1.165, 1.54) is 18.2 Å². The molecule has 0 aromatic heterocycles. The van der Waals surface area contributed by atoms with Crippen LogP contribution in [0.25, 0.3) is 0 Å². The van der Waals surface area contributed by atoms with Crippen molar-refractivity contribution in [3.05, 3.63) is 95.3 Å². The summed E-state index contributed by atoms with van der Waals surface area (Å²) >= 11 is 0. The number of nitrogens with zero attached hydrogens (tertiary/aromatic N) is 1. The zero-order valence-electron chi connectivity index (χ0n) is 17.6. The Morgan fingerprint density at radius 3 is 2.53 bits per heavy atom. The highest BCUT2D eigenvalue weighted by molar-refractivity contribution is 6.01. The average molecular weight is 433 g/mol. The highest BCUT2D eigenvalue weighted by Crippen LogP contribution is 2.36. The summed E-state index contributed by atoms with van der Waals surface area (Å²) in [4.78, 5) is 38.5. The van der Waals surface area contributed by atoms with E-state index in [2.05, 4.69) is 0 Å². The molecule has 1 aliphatic carbocycles. The van der Waals surface area contributed by atoms with E-state index in [0.29, 0.717) is 12.8 Å². The van der Waals surface area contributed by atoms with Gasteiger partial charge in [0.25, 0.3) is 5.91 Å². The number of halogens is 1. The number of benzene rings is 2. The standard InChI is InChI=1S/C26H24FNO4/c27-21-11-9-20(10-12-21)23(16-19-7-4-8-22(29)15-19)24-13-14-25(30)28(24)26(31)32-17-18-5-2-1-3-6-18/h1-3,5-6,9-15,23-24H,4,7-8,16-17H2. The van der Waals surface area contributed by atoms with E-state index in [1.54, 1.807) is 24.3 Å². The summed E-state index contributed by atoms with van der Waals surface area (Å²) in [5.41, 5.74) is 2.58. The number of hydrogen-bond donors (Lipinski definition) is 0. The maximum atomic E-state index is 13.6. The van der Waals surface area contributed by atoms with Crippen LogP contribution in [-0.4, -0.2) is 28.7 Å². The lowest BCUT2D eigenvalue weighted by Gasteiger charge is -2.31. The van der Waals surface area contributed by atoms with Crippen LogP contribution in [0.2, 0.25) is 0 Å². The Hall–Kier alpha value is -3.54. The van der Waals surface area contributed by atoms with Crippen LogP contribution in [0.15, 0.2) is 78.4 Å². The van der Waals surface area contributed by atoms with E-state index in [-0.39, 0.29) is 24.1 Å². The predicted octanol–water partition coefficient (Wildman–Crippen LogP) is 5.08. The number of allylic oxidation sites excluding steroid dienone is 2. The molecular formula is C26H24FNO4. The van der Waals surface area contributed by atoms with Crippen LogP contribution in [0.3, 0.4) is 0 Å². The van der Waals surface area contributed by atoms with Gasteiger partial charge in [-0.1, -0.05) is 54.1 Å². The lowest BCUT2D eigenvalue weighted by molar-refractivity contribution is -0.124. The van der Waals surface area contributed by atoms with E-state index in [1.807, 2.05) is 30.3 Å². The maximum Gasteiger partial charge on any atom is 0.417 e. The maximum absolute atomic E-state index is 13.6. The molecule has 0 radical (unpaired) electrons. The fraction of sp³-hybridized carbons (Fsp3) is 0.269. The van der Waals surface area contributed by atoms with Crippen molar-refractivity contribution in [3.63, 3.8) is 0 Å². The molecule has 164 valence electrons. The molecule has 1 aliphatic heterocycles. The van der Waals surface area contributed by atoms with Crippen molar-refractivity contribution in [2.45, 2.75) is 44.2 Å². The number of carbonyl (C=O) groups is 3. The zero-order chi connectivity index (χ0) is 22.5. The van der Waals surface area contributed by atoms with Gasteiger partial charge < -0.3 is 4.74 Å². The third-order valence-corrected chi connectivity index (χ3v) is 5.85. The van der Waals surface area contributed by atoms with Crippen molar-refractivity contribution >= 4 is 17.8 Å². The lowest BCUT2D eigenvalue weighted by Crippen LogP contribution is -2.43. The second-order valence-corrected chi connectivity index (χ2v) is 8.08. The molecule has 2 aromatic carbocycles. The normalized spacial score (nSPS) is 19.1. The van der Waals surface area contributed by atoms with Crippen LogP contribution >= 0.6 is 0 Å². The van der Waals surface area contributed by atoms with Crippen molar-refractivity contribution in [1.29, 1.82) is 0 Å². The fourth-order valence-corrected chi connectivity index (χ4v) is 4.26. The Bertz CT molecular complexity index is 1060. The summed E-state index contributed by atoms with van der Waals surface area (Å²) < 4.78 is 19.0. The summed E-state index contributed by atoms with van der Waals surface area (Å²) in [6, 6.07) is 14.7. The number of rotatable bonds is 6. The third-order valence-electron chi connectivity index (χ3n) is 5.85. The number of imide groups is 1. The van der Waals surface area contributed by atoms with Gasteiger partial charge in [0.2, 0.25) is 0 Å². The van der Waals surface area contributed by atoms with Gasteiger partial charge in [0.1, 0.15) is 12.4 Å². The van der Waals surface area contributed by atoms with E-state index < -0.39 is 18.0 Å². The topological polar surface area (TPSA) is 63.7 Å². The summed E-state index contributed by atoms with van der Waals surface area (Å²) in [6.45, 7) is 0.0526. The molecule has 2 atom stereocenters. The second kappa shape index (κ2) is 9.73. The number of ether oxygens (including phenoxy) is 1. The SMILES string of the molecule is O=C1C=C(CC(c2ccc(F)cc2)C2C=CC(=O)N2C(=O)OCc2ccccc2)CCC1. The molecule has 0 bridgehead atoms. The van der Waals surface area contributed by atoms with E-state index in [4.69, 9.17) is 4.74 Å². The number of hydrogen-bond acceptors (Lipinski definition) is 4. The highest BCUT2D eigenvalue weighted by Gasteiger charge is 2.39. The van der Waals surface area contributed by atoms with Gasteiger partial charge >= 0.3 is 6.09 Å². The first-order chi connectivity index (χ1) is 15.5. The molecule has 0 saturated carbocycles. The Morgan fingerprint density at radius 1 is 1.06 bits per heavy atom. The molecule has 2 unspecified atom stereocenters. The van der Waals surface area contributed by atoms with Crippen molar-refractivity contribution in [2.24, 2.45) is 0 Å². The van der Waals surface area contributed by atoms with Gasteiger partial charge in [-0.3, -0.25) is 9.59 Å². The second-order valence-electron chi connectivity index (χ2n) is 8.08. The van der Waals surface area contributed by atoms with E-state index in [0.717, 1.165) is 34.4 Å². The molecule has 32 heavy (non-hydrogen) atoms. The molecule has 5 nitrogen and oxygen atoms in total. The van der Waals surface area contributed by atoms with Crippen LogP contribution < -0.4 is 0 Å². The Morgan fingerprint density at radius 2 is 1.81 bits per heavy atom. The smallest absolute Gasteiger partial charge is 0.417 e. The predicted molar refractivity (Wildman–Crippen MR) is 117 cm³/mol. The summed E-state index contributed by atoms with van der Waals surface area (Å²) in [7, 11) is 0. The van der Waals surface area contributed by atoms with Gasteiger partial charge in [0.15, 0.2) is 5.78 Å². The van der Waals surface area contributed by atoms with Gasteiger partial charge in [-0.15, -0.1) is 0 Å². The van der Waals surface area contributed by atoms with Gasteiger partial charge in [-0.05, 0) is 48.6 Å². The number of ketones is 1. The average Bonchev–Trinajstić information content (AvgIpc) is 3.18. The van der Waals surface area contributed by atoms with Crippen molar-refractivity contribution in [2.75, 3.05) is 0 Å². The van der Waals surface area contributed by atoms with Crippen LogP contribution in [0.4, 0.5) is 9.18 Å². The molecular weight excluding hydrogens is 409 g/mol. The first-order valence-electron chi connectivity index (χ1n) is 10.7. The largest absolute Gasteiger partial charge is 0.444 e. The minimum Gasteiger partial charge on any atom is -0.444 e. The Balaban J connectivity index is 1.58. The van der Waals surface area contributed by atoms with Crippen LogP contribution in [0.1, 0.15) is 42.7 Å². The third kappa shape index (κ3) is 5.02. The van der Waals surface area contributed by atoms with E-state index >= 15 is 0 Å². The molecule has 0 saturated heterocycles. The minimum absolute atomic E-state index is 0.0526. The Labute approximate surface area is 186 Å². The monoisotopic (exact) mass is 433 g/mol. The van der Waals surface area contributed by atoms with Crippen molar-refractivity contribution < 1.29 is 23.5 Å². The molecule has 1 heterocycles. The summed E-state index contributed by atoms with van der Waals surface area (Å²) in [6.07, 6.45) is 6.58. The van der Waals surface area contributed by atoms with Crippen LogP contribution in [-0.2, 0) is 20.9 Å². The fourth-order valence-electron chi connectivity index (χ4n) is 4.26. The number of carbonyl (C=O) groups excluding carboxylic acids is 3. The van der Waals surface area contributed by atoms with E-state index in [9.17, 15) is 18.8 Å². The molecule has 2 aliphatic rings. The van der Waals surface area contributed by atoms with Gasteiger partial charge in [-0.2, -0.15) is 0 Å². The first kappa shape index (κ1) is 21.7. The molecule has 0 spiro atoms. The van der Waals surface area contributed by atoms with Crippen LogP contribution in [0, 0.1) is 5.82 Å². The molecule has 0 fully saturated rings. The summed E-state index contributed by atoms with van der Waals surface area (Å²) in [5, 5.41) is 0. The zero-order valence-corrected chi connectivity index (χ0v) is 17.6. The minimum atomic E-state index is -0.727. The molecule has 6 heteroatoms. The lowest BCUT2D eigenvalue weighted by atomic mass is 9.82. The quantitative estimate of drug-likeness (QED) is 0.637. The van der Waals surface area contributed by atoms with Gasteiger partial charge in [0.05, 0.1) is 6.04 Å².